The highest BCUT2D eigenvalue weighted by Crippen LogP contribution is 2.41. The average molecular weight is 709 g/mol. The molecule has 0 unspecified atom stereocenters. The number of fused-ring (bicyclic) bond motifs is 3. The van der Waals surface area contributed by atoms with Crippen molar-refractivity contribution in [2.24, 2.45) is 0 Å². The van der Waals surface area contributed by atoms with E-state index in [9.17, 15) is 0 Å². The van der Waals surface area contributed by atoms with Crippen LogP contribution in [0.1, 0.15) is 6.85 Å². The van der Waals surface area contributed by atoms with Crippen molar-refractivity contribution >= 4 is 21.9 Å². The van der Waals surface area contributed by atoms with Gasteiger partial charge in [-0.3, -0.25) is 0 Å². The van der Waals surface area contributed by atoms with Gasteiger partial charge in [-0.2, -0.15) is 0 Å². The van der Waals surface area contributed by atoms with Gasteiger partial charge < -0.3 is 4.42 Å². The molecule has 4 nitrogen and oxygen atoms in total. The molecule has 55 heavy (non-hydrogen) atoms. The minimum absolute atomic E-state index is 0.0294. The molecule has 10 rings (SSSR count). The van der Waals surface area contributed by atoms with Crippen LogP contribution in [-0.2, 0) is 0 Å². The number of hydrogen-bond donors (Lipinski definition) is 0. The lowest BCUT2D eigenvalue weighted by Gasteiger charge is -2.10. The standard InChI is InChI=1S/C51H33N3O/c1-4-13-34(14-5-1)36-25-27-38(28-26-36)41-19-10-20-42(33-41)43-21-11-22-44-47-45(23-12-24-46(47)55-48(43)44)51-53-49(39-17-8-3-9-18-39)52-50(54-51)40-31-29-37(30-32-40)35-15-6-2-7-16-35/h1-33H/i3D,8D,9D,17D,18D. The van der Waals surface area contributed by atoms with Gasteiger partial charge in [0, 0.05) is 33.0 Å². The summed E-state index contributed by atoms with van der Waals surface area (Å²) in [6, 6.07) is 54.7. The first-order valence-corrected chi connectivity index (χ1v) is 18.0. The molecule has 0 aliphatic rings. The SMILES string of the molecule is [2H]c1c([2H])c([2H])c(-c2nc(-c3ccc(-c4ccccc4)cc3)nc(-c3cccc4oc5c(-c6cccc(-c7ccc(-c8ccccc8)cc7)c6)cccc5c34)n2)c([2H])c1[2H]. The molecule has 10 aromatic rings. The Morgan fingerprint density at radius 3 is 1.53 bits per heavy atom. The van der Waals surface area contributed by atoms with E-state index in [-0.39, 0.29) is 17.2 Å². The Morgan fingerprint density at radius 1 is 0.364 bits per heavy atom. The smallest absolute Gasteiger partial charge is 0.164 e. The van der Waals surface area contributed by atoms with E-state index >= 15 is 0 Å². The van der Waals surface area contributed by atoms with Crippen molar-refractivity contribution in [3.05, 3.63) is 200 Å². The molecule has 0 radical (unpaired) electrons. The van der Waals surface area contributed by atoms with Gasteiger partial charge in [0.25, 0.3) is 0 Å². The van der Waals surface area contributed by atoms with E-state index in [1.165, 1.54) is 5.56 Å². The zero-order valence-electron chi connectivity index (χ0n) is 34.4. The Labute approximate surface area is 326 Å². The molecule has 0 N–H and O–H groups in total. The van der Waals surface area contributed by atoms with Crippen LogP contribution in [0.2, 0.25) is 0 Å². The quantitative estimate of drug-likeness (QED) is 0.165. The fourth-order valence-electron chi connectivity index (χ4n) is 7.15. The van der Waals surface area contributed by atoms with E-state index in [0.717, 1.165) is 49.7 Å². The molecule has 8 aromatic carbocycles. The van der Waals surface area contributed by atoms with E-state index in [0.29, 0.717) is 28.1 Å². The maximum Gasteiger partial charge on any atom is 0.164 e. The van der Waals surface area contributed by atoms with Crippen LogP contribution in [0.25, 0.3) is 101 Å². The minimum Gasteiger partial charge on any atom is -0.455 e. The maximum atomic E-state index is 8.79. The van der Waals surface area contributed by atoms with Gasteiger partial charge in [-0.25, -0.2) is 15.0 Å². The van der Waals surface area contributed by atoms with Crippen molar-refractivity contribution in [2.75, 3.05) is 0 Å². The Morgan fingerprint density at radius 2 is 0.855 bits per heavy atom. The molecule has 0 fully saturated rings. The summed E-state index contributed by atoms with van der Waals surface area (Å²) in [6.45, 7) is 0. The predicted molar refractivity (Wildman–Crippen MR) is 225 cm³/mol. The second-order valence-electron chi connectivity index (χ2n) is 13.2. The first-order valence-electron chi connectivity index (χ1n) is 20.5. The number of aromatic nitrogens is 3. The molecule has 0 aliphatic carbocycles. The summed E-state index contributed by atoms with van der Waals surface area (Å²) < 4.78 is 49.3. The lowest BCUT2D eigenvalue weighted by atomic mass is 9.96. The normalized spacial score (nSPS) is 12.5. The van der Waals surface area contributed by atoms with Crippen molar-refractivity contribution in [1.82, 2.24) is 15.0 Å². The fraction of sp³-hybridized carbons (Fsp3) is 0. The van der Waals surface area contributed by atoms with Crippen LogP contribution in [0.15, 0.2) is 204 Å². The molecule has 0 spiro atoms. The second-order valence-corrected chi connectivity index (χ2v) is 13.2. The molecule has 258 valence electrons. The van der Waals surface area contributed by atoms with Crippen molar-refractivity contribution in [3.63, 3.8) is 0 Å². The summed E-state index contributed by atoms with van der Waals surface area (Å²) >= 11 is 0. The van der Waals surface area contributed by atoms with E-state index in [1.54, 1.807) is 0 Å². The third-order valence-electron chi connectivity index (χ3n) is 9.87. The summed E-state index contributed by atoms with van der Waals surface area (Å²) in [5.74, 6) is 0.535. The molecule has 0 saturated heterocycles. The van der Waals surface area contributed by atoms with Crippen LogP contribution in [0.5, 0.6) is 0 Å². The molecular weight excluding hydrogens is 671 g/mol. The van der Waals surface area contributed by atoms with Crippen LogP contribution >= 0.6 is 0 Å². The summed E-state index contributed by atoms with van der Waals surface area (Å²) in [6.07, 6.45) is 0. The Bertz CT molecular complexity index is 3210. The van der Waals surface area contributed by atoms with Gasteiger partial charge in [-0.1, -0.05) is 188 Å². The monoisotopic (exact) mass is 708 g/mol. The van der Waals surface area contributed by atoms with Crippen LogP contribution < -0.4 is 0 Å². The third-order valence-corrected chi connectivity index (χ3v) is 9.87. The third kappa shape index (κ3) is 6.16. The summed E-state index contributed by atoms with van der Waals surface area (Å²) in [5.41, 5.74) is 11.0. The van der Waals surface area contributed by atoms with Gasteiger partial charge in [0.2, 0.25) is 0 Å². The van der Waals surface area contributed by atoms with Crippen LogP contribution in [-0.4, -0.2) is 15.0 Å². The number of rotatable bonds is 7. The van der Waals surface area contributed by atoms with Crippen LogP contribution in [0.4, 0.5) is 0 Å². The van der Waals surface area contributed by atoms with Crippen LogP contribution in [0, 0.1) is 0 Å². The molecule has 4 heteroatoms. The zero-order valence-corrected chi connectivity index (χ0v) is 29.4. The first kappa shape index (κ1) is 27.2. The van der Waals surface area contributed by atoms with Gasteiger partial charge in [-0.15, -0.1) is 0 Å². The van der Waals surface area contributed by atoms with Crippen molar-refractivity contribution < 1.29 is 11.3 Å². The van der Waals surface area contributed by atoms with Gasteiger partial charge >= 0.3 is 0 Å². The Hall–Kier alpha value is -7.43. The van der Waals surface area contributed by atoms with E-state index < -0.39 is 30.2 Å². The van der Waals surface area contributed by atoms with E-state index in [4.69, 9.17) is 26.2 Å². The van der Waals surface area contributed by atoms with Crippen molar-refractivity contribution in [2.45, 2.75) is 0 Å². The topological polar surface area (TPSA) is 51.8 Å². The largest absolute Gasteiger partial charge is 0.455 e. The maximum absolute atomic E-state index is 8.79. The molecule has 0 amide bonds. The lowest BCUT2D eigenvalue weighted by Crippen LogP contribution is -2.00. The number of nitrogens with zero attached hydrogens (tertiary/aromatic N) is 3. The van der Waals surface area contributed by atoms with Crippen LogP contribution in [0.3, 0.4) is 0 Å². The highest BCUT2D eigenvalue weighted by Gasteiger charge is 2.20. The summed E-state index contributed by atoms with van der Waals surface area (Å²) in [4.78, 5) is 14.6. The van der Waals surface area contributed by atoms with Gasteiger partial charge in [0.15, 0.2) is 17.5 Å². The molecule has 2 aromatic heterocycles. The van der Waals surface area contributed by atoms with E-state index in [1.807, 2.05) is 103 Å². The Kier molecular flexibility index (Phi) is 6.85. The van der Waals surface area contributed by atoms with E-state index in [2.05, 4.69) is 66.7 Å². The predicted octanol–water partition coefficient (Wildman–Crippen LogP) is 13.4. The first-order chi connectivity index (χ1) is 29.3. The summed E-state index contributed by atoms with van der Waals surface area (Å²) in [5, 5.41) is 1.64. The minimum atomic E-state index is -0.489. The number of benzene rings is 8. The van der Waals surface area contributed by atoms with Gasteiger partial charge in [0.1, 0.15) is 11.2 Å². The Balaban J connectivity index is 1.11. The average Bonchev–Trinajstić information content (AvgIpc) is 3.70. The molecule has 0 saturated carbocycles. The lowest BCUT2D eigenvalue weighted by molar-refractivity contribution is 0.670. The number of para-hydroxylation sites is 1. The van der Waals surface area contributed by atoms with Gasteiger partial charge in [0.05, 0.1) is 6.85 Å². The molecule has 2 heterocycles. The molecule has 0 bridgehead atoms. The van der Waals surface area contributed by atoms with Gasteiger partial charge in [-0.05, 0) is 51.1 Å². The number of furan rings is 1. The summed E-state index contributed by atoms with van der Waals surface area (Å²) in [7, 11) is 0. The van der Waals surface area contributed by atoms with Crippen molar-refractivity contribution in [3.8, 4) is 78.7 Å². The molecule has 0 aliphatic heterocycles. The fourth-order valence-corrected chi connectivity index (χ4v) is 7.15. The highest BCUT2D eigenvalue weighted by molar-refractivity contribution is 6.15. The van der Waals surface area contributed by atoms with Crippen molar-refractivity contribution in [1.29, 1.82) is 0 Å². The zero-order chi connectivity index (χ0) is 40.9. The molecular formula is C51H33N3O. The number of hydrogen-bond acceptors (Lipinski definition) is 4. The molecule has 0 atom stereocenters. The highest BCUT2D eigenvalue weighted by atomic mass is 16.3. The second kappa shape index (κ2) is 13.8.